The number of sulfonamides is 1. The first kappa shape index (κ1) is 15.8. The van der Waals surface area contributed by atoms with Crippen molar-refractivity contribution in [2.24, 2.45) is 10.6 Å². The zero-order valence-corrected chi connectivity index (χ0v) is 12.8. The van der Waals surface area contributed by atoms with Gasteiger partial charge >= 0.3 is 5.97 Å². The van der Waals surface area contributed by atoms with E-state index in [1.165, 1.54) is 6.07 Å². The molecule has 0 aromatic heterocycles. The van der Waals surface area contributed by atoms with Crippen LogP contribution in [-0.4, -0.2) is 32.6 Å². The van der Waals surface area contributed by atoms with Crippen molar-refractivity contribution in [1.29, 1.82) is 0 Å². The number of anilines is 1. The molecular weight excluding hydrogens is 292 g/mol. The van der Waals surface area contributed by atoms with Crippen LogP contribution in [0.5, 0.6) is 0 Å². The Morgan fingerprint density at radius 2 is 2.10 bits per heavy atom. The molecule has 0 saturated carbocycles. The molecule has 1 atom stereocenters. The minimum atomic E-state index is -3.84. The molecule has 6 nitrogen and oxygen atoms in total. The third kappa shape index (κ3) is 3.03. The van der Waals surface area contributed by atoms with E-state index in [0.717, 1.165) is 0 Å². The summed E-state index contributed by atoms with van der Waals surface area (Å²) in [6, 6.07) is 6.46. The highest BCUT2D eigenvalue weighted by Crippen LogP contribution is 2.37. The van der Waals surface area contributed by atoms with E-state index < -0.39 is 21.4 Å². The lowest BCUT2D eigenvalue weighted by molar-refractivity contribution is -0.149. The van der Waals surface area contributed by atoms with Crippen LogP contribution in [0.1, 0.15) is 26.2 Å². The first-order valence-electron chi connectivity index (χ1n) is 6.90. The summed E-state index contributed by atoms with van der Waals surface area (Å²) in [5, 5.41) is 14.8. The molecule has 1 saturated heterocycles. The second kappa shape index (κ2) is 5.65. The average Bonchev–Trinajstić information content (AvgIpc) is 2.46. The number of hydrogen-bond donors (Lipinski definition) is 2. The largest absolute Gasteiger partial charge is 0.481 e. The summed E-state index contributed by atoms with van der Waals surface area (Å²) in [4.78, 5) is 13.5. The van der Waals surface area contributed by atoms with Gasteiger partial charge in [0.1, 0.15) is 4.90 Å². The van der Waals surface area contributed by atoms with Crippen molar-refractivity contribution < 1.29 is 18.3 Å². The highest BCUT2D eigenvalue weighted by atomic mass is 32.2. The van der Waals surface area contributed by atoms with Crippen LogP contribution in [0.4, 0.5) is 5.69 Å². The molecule has 0 bridgehead atoms. The molecule has 1 aromatic carbocycles. The monoisotopic (exact) mass is 312 g/mol. The Morgan fingerprint density at radius 3 is 2.67 bits per heavy atom. The van der Waals surface area contributed by atoms with Crippen molar-refractivity contribution in [1.82, 2.24) is 0 Å². The van der Waals surface area contributed by atoms with Crippen LogP contribution in [0.2, 0.25) is 0 Å². The van der Waals surface area contributed by atoms with Gasteiger partial charge in [0.2, 0.25) is 10.0 Å². The average molecular weight is 312 g/mol. The summed E-state index contributed by atoms with van der Waals surface area (Å²) in [5.41, 5.74) is -0.345. The van der Waals surface area contributed by atoms with E-state index >= 15 is 0 Å². The Morgan fingerprint density at radius 1 is 1.43 bits per heavy atom. The number of primary sulfonamides is 1. The van der Waals surface area contributed by atoms with Gasteiger partial charge in [-0.3, -0.25) is 4.79 Å². The Bertz CT molecular complexity index is 644. The molecule has 0 aliphatic carbocycles. The Labute approximate surface area is 124 Å². The third-order valence-corrected chi connectivity index (χ3v) is 5.18. The summed E-state index contributed by atoms with van der Waals surface area (Å²) in [6.45, 7) is 2.77. The maximum atomic E-state index is 11.7. The minimum Gasteiger partial charge on any atom is -0.481 e. The molecule has 2 rings (SSSR count). The fourth-order valence-electron chi connectivity index (χ4n) is 2.91. The molecule has 0 radical (unpaired) electrons. The lowest BCUT2D eigenvalue weighted by Gasteiger charge is -2.41. The third-order valence-electron chi connectivity index (χ3n) is 4.22. The van der Waals surface area contributed by atoms with Gasteiger partial charge in [-0.1, -0.05) is 19.1 Å². The number of nitrogens with zero attached hydrogens (tertiary/aromatic N) is 1. The number of aliphatic carboxylic acids is 1. The highest BCUT2D eigenvalue weighted by molar-refractivity contribution is 7.89. The molecule has 1 heterocycles. The number of rotatable bonds is 4. The number of carbonyl (C=O) groups is 1. The normalized spacial score (nSPS) is 23.0. The van der Waals surface area contributed by atoms with Gasteiger partial charge in [-0.05, 0) is 31.4 Å². The van der Waals surface area contributed by atoms with Crippen molar-refractivity contribution in [3.63, 3.8) is 0 Å². The maximum absolute atomic E-state index is 11.7. The fraction of sp³-hybridized carbons (Fsp3) is 0.500. The predicted molar refractivity (Wildman–Crippen MR) is 79.6 cm³/mol. The van der Waals surface area contributed by atoms with Gasteiger partial charge in [0.25, 0.3) is 0 Å². The van der Waals surface area contributed by atoms with E-state index in [9.17, 15) is 18.3 Å². The molecule has 1 unspecified atom stereocenters. The van der Waals surface area contributed by atoms with E-state index in [-0.39, 0.29) is 4.90 Å². The van der Waals surface area contributed by atoms with E-state index in [0.29, 0.717) is 38.0 Å². The first-order chi connectivity index (χ1) is 9.80. The van der Waals surface area contributed by atoms with Crippen molar-refractivity contribution in [2.75, 3.05) is 18.0 Å². The maximum Gasteiger partial charge on any atom is 0.311 e. The Kier molecular flexibility index (Phi) is 4.25. The number of benzene rings is 1. The zero-order chi connectivity index (χ0) is 15.7. The van der Waals surface area contributed by atoms with Gasteiger partial charge in [0.15, 0.2) is 0 Å². The van der Waals surface area contributed by atoms with Gasteiger partial charge in [0.05, 0.1) is 11.1 Å². The summed E-state index contributed by atoms with van der Waals surface area (Å²) in [7, 11) is -3.84. The lowest BCUT2D eigenvalue weighted by atomic mass is 9.77. The quantitative estimate of drug-likeness (QED) is 0.875. The van der Waals surface area contributed by atoms with Crippen molar-refractivity contribution in [2.45, 2.75) is 31.1 Å². The molecule has 1 fully saturated rings. The number of piperidine rings is 1. The van der Waals surface area contributed by atoms with E-state index in [1.807, 2.05) is 11.8 Å². The smallest absolute Gasteiger partial charge is 0.311 e. The highest BCUT2D eigenvalue weighted by Gasteiger charge is 2.41. The van der Waals surface area contributed by atoms with Gasteiger partial charge < -0.3 is 10.0 Å². The number of hydrogen-bond acceptors (Lipinski definition) is 4. The standard InChI is InChI=1S/C14H20N2O4S/c1-2-14(13(17)18)8-5-9-16(10-14)11-6-3-4-7-12(11)21(15,19)20/h3-4,6-7H,2,5,8-10H2,1H3,(H,17,18)(H2,15,19,20). The molecule has 21 heavy (non-hydrogen) atoms. The summed E-state index contributed by atoms with van der Waals surface area (Å²) in [5.74, 6) is -0.831. The summed E-state index contributed by atoms with van der Waals surface area (Å²) >= 11 is 0. The molecule has 1 aliphatic heterocycles. The van der Waals surface area contributed by atoms with Crippen molar-refractivity contribution in [3.05, 3.63) is 24.3 Å². The van der Waals surface area contributed by atoms with Crippen LogP contribution in [0.15, 0.2) is 29.2 Å². The Balaban J connectivity index is 2.42. The van der Waals surface area contributed by atoms with Crippen LogP contribution in [0.3, 0.4) is 0 Å². The number of carboxylic acids is 1. The minimum absolute atomic E-state index is 0.0438. The van der Waals surface area contributed by atoms with Crippen LogP contribution in [0.25, 0.3) is 0 Å². The summed E-state index contributed by atoms with van der Waals surface area (Å²) < 4.78 is 23.4. The molecule has 0 spiro atoms. The molecule has 7 heteroatoms. The second-order valence-electron chi connectivity index (χ2n) is 5.48. The lowest BCUT2D eigenvalue weighted by Crippen LogP contribution is -2.48. The van der Waals surface area contributed by atoms with Gasteiger partial charge in [-0.15, -0.1) is 0 Å². The first-order valence-corrected chi connectivity index (χ1v) is 8.45. The van der Waals surface area contributed by atoms with E-state index in [2.05, 4.69) is 0 Å². The predicted octanol–water partition coefficient (Wildman–Crippen LogP) is 1.42. The molecule has 116 valence electrons. The molecular formula is C14H20N2O4S. The van der Waals surface area contributed by atoms with E-state index in [4.69, 9.17) is 5.14 Å². The van der Waals surface area contributed by atoms with Crippen LogP contribution in [-0.2, 0) is 14.8 Å². The number of nitrogens with two attached hydrogens (primary N) is 1. The number of carboxylic acid groups (broad SMARTS) is 1. The number of para-hydroxylation sites is 1. The zero-order valence-electron chi connectivity index (χ0n) is 11.9. The molecule has 0 amide bonds. The van der Waals surface area contributed by atoms with Gasteiger partial charge in [-0.2, -0.15) is 0 Å². The summed E-state index contributed by atoms with van der Waals surface area (Å²) in [6.07, 6.45) is 1.82. The van der Waals surface area contributed by atoms with Crippen LogP contribution < -0.4 is 10.0 Å². The molecule has 3 N–H and O–H groups in total. The molecule has 1 aromatic rings. The topological polar surface area (TPSA) is 101 Å². The van der Waals surface area contributed by atoms with Crippen LogP contribution in [0, 0.1) is 5.41 Å². The van der Waals surface area contributed by atoms with Gasteiger partial charge in [-0.25, -0.2) is 13.6 Å². The van der Waals surface area contributed by atoms with E-state index in [1.54, 1.807) is 18.2 Å². The van der Waals surface area contributed by atoms with Crippen molar-refractivity contribution in [3.8, 4) is 0 Å². The van der Waals surface area contributed by atoms with Gasteiger partial charge in [0, 0.05) is 13.1 Å². The van der Waals surface area contributed by atoms with Crippen LogP contribution >= 0.6 is 0 Å². The SMILES string of the molecule is CCC1(C(=O)O)CCCN(c2ccccc2S(N)(=O)=O)C1. The molecule has 1 aliphatic rings. The second-order valence-corrected chi connectivity index (χ2v) is 7.01. The fourth-order valence-corrected chi connectivity index (χ4v) is 3.67. The Hall–Kier alpha value is -1.60. The van der Waals surface area contributed by atoms with Crippen molar-refractivity contribution >= 4 is 21.7 Å².